The van der Waals surface area contributed by atoms with E-state index in [9.17, 15) is 4.79 Å². The molecule has 1 rings (SSSR count). The smallest absolute Gasteiger partial charge is 0.132 e. The molecule has 102 valence electrons. The van der Waals surface area contributed by atoms with Crippen molar-refractivity contribution in [2.75, 3.05) is 0 Å². The van der Waals surface area contributed by atoms with E-state index in [1.807, 2.05) is 26.1 Å². The summed E-state index contributed by atoms with van der Waals surface area (Å²) in [6.45, 7) is 9.42. The molecule has 0 radical (unpaired) electrons. The molecule has 0 aliphatic heterocycles. The largest absolute Gasteiger partial charge is 0.304 e. The van der Waals surface area contributed by atoms with Gasteiger partial charge in [0.1, 0.15) is 12.1 Å². The molecule has 18 heavy (non-hydrogen) atoms. The number of pyridine rings is 1. The zero-order chi connectivity index (χ0) is 14.4. The predicted octanol–water partition coefficient (Wildman–Crippen LogP) is 3.53. The van der Waals surface area contributed by atoms with E-state index in [1.54, 1.807) is 0 Å². The molecule has 0 aliphatic rings. The Morgan fingerprint density at radius 3 is 2.00 bits per heavy atom. The van der Waals surface area contributed by atoms with E-state index in [0.29, 0.717) is 18.6 Å². The first-order chi connectivity index (χ1) is 8.56. The van der Waals surface area contributed by atoms with Crippen molar-refractivity contribution in [2.45, 2.75) is 53.9 Å². The van der Waals surface area contributed by atoms with Gasteiger partial charge >= 0.3 is 0 Å². The lowest BCUT2D eigenvalue weighted by Gasteiger charge is -1.97. The van der Waals surface area contributed by atoms with E-state index >= 15 is 0 Å². The van der Waals surface area contributed by atoms with Gasteiger partial charge in [0, 0.05) is 24.7 Å². The van der Waals surface area contributed by atoms with E-state index < -0.39 is 0 Å². The molecule has 0 saturated carbocycles. The SMILES string of the molecule is CC=O.CCC(=O)CC.CCc1ncccc1C. The van der Waals surface area contributed by atoms with Gasteiger partial charge in [-0.05, 0) is 31.9 Å². The minimum atomic E-state index is 0.343. The van der Waals surface area contributed by atoms with Gasteiger partial charge in [-0.25, -0.2) is 0 Å². The van der Waals surface area contributed by atoms with Crippen LogP contribution in [0.2, 0.25) is 0 Å². The van der Waals surface area contributed by atoms with Crippen LogP contribution < -0.4 is 0 Å². The predicted molar refractivity (Wildman–Crippen MR) is 75.7 cm³/mol. The lowest BCUT2D eigenvalue weighted by atomic mass is 10.2. The molecular formula is C15H25NO2. The van der Waals surface area contributed by atoms with Gasteiger partial charge in [0.25, 0.3) is 0 Å². The van der Waals surface area contributed by atoms with E-state index in [1.165, 1.54) is 18.2 Å². The molecule has 0 atom stereocenters. The molecule has 0 aliphatic carbocycles. The Balaban J connectivity index is 0. The van der Waals surface area contributed by atoms with Crippen molar-refractivity contribution < 1.29 is 9.59 Å². The fraction of sp³-hybridized carbons (Fsp3) is 0.533. The Bertz CT molecular complexity index is 329. The Kier molecular flexibility index (Phi) is 14.2. The topological polar surface area (TPSA) is 47.0 Å². The van der Waals surface area contributed by atoms with Crippen molar-refractivity contribution in [3.05, 3.63) is 29.6 Å². The Labute approximate surface area is 111 Å². The van der Waals surface area contributed by atoms with Gasteiger partial charge in [-0.15, -0.1) is 0 Å². The second-order valence-electron chi connectivity index (χ2n) is 3.60. The monoisotopic (exact) mass is 251 g/mol. The van der Waals surface area contributed by atoms with Gasteiger partial charge in [0.2, 0.25) is 0 Å². The number of hydrogen-bond acceptors (Lipinski definition) is 3. The van der Waals surface area contributed by atoms with Crippen molar-refractivity contribution in [3.63, 3.8) is 0 Å². The third kappa shape index (κ3) is 11.0. The highest BCUT2D eigenvalue weighted by atomic mass is 16.1. The number of carbonyl (C=O) groups is 2. The molecule has 1 aromatic rings. The number of carbonyl (C=O) groups excluding carboxylic acids is 2. The summed E-state index contributed by atoms with van der Waals surface area (Å²) >= 11 is 0. The van der Waals surface area contributed by atoms with E-state index in [4.69, 9.17) is 4.79 Å². The average molecular weight is 251 g/mol. The van der Waals surface area contributed by atoms with Crippen molar-refractivity contribution in [2.24, 2.45) is 0 Å². The fourth-order valence-corrected chi connectivity index (χ4v) is 1.14. The minimum absolute atomic E-state index is 0.343. The van der Waals surface area contributed by atoms with E-state index in [0.717, 1.165) is 12.7 Å². The number of nitrogens with zero attached hydrogens (tertiary/aromatic N) is 1. The molecule has 0 spiro atoms. The third-order valence-electron chi connectivity index (χ3n) is 2.24. The molecule has 0 N–H and O–H groups in total. The van der Waals surface area contributed by atoms with Crippen LogP contribution in [0.25, 0.3) is 0 Å². The van der Waals surface area contributed by atoms with Crippen LogP contribution >= 0.6 is 0 Å². The molecule has 0 aromatic carbocycles. The van der Waals surface area contributed by atoms with Crippen LogP contribution in [0, 0.1) is 6.92 Å². The number of aromatic nitrogens is 1. The Morgan fingerprint density at radius 1 is 1.28 bits per heavy atom. The van der Waals surface area contributed by atoms with Crippen molar-refractivity contribution in [3.8, 4) is 0 Å². The highest BCUT2D eigenvalue weighted by Crippen LogP contribution is 2.02. The van der Waals surface area contributed by atoms with Crippen molar-refractivity contribution in [1.82, 2.24) is 4.98 Å². The molecule has 3 heteroatoms. The molecule has 3 nitrogen and oxygen atoms in total. The quantitative estimate of drug-likeness (QED) is 0.772. The molecule has 1 heterocycles. The number of Topliss-reactive ketones (excluding diaryl/α,β-unsaturated/α-hetero) is 1. The van der Waals surface area contributed by atoms with Gasteiger partial charge in [0.15, 0.2) is 0 Å². The zero-order valence-corrected chi connectivity index (χ0v) is 12.2. The lowest BCUT2D eigenvalue weighted by Crippen LogP contribution is -1.88. The van der Waals surface area contributed by atoms with Gasteiger partial charge in [0.05, 0.1) is 0 Å². The van der Waals surface area contributed by atoms with Crippen LogP contribution in [-0.2, 0) is 16.0 Å². The second kappa shape index (κ2) is 13.6. The van der Waals surface area contributed by atoms with Crippen LogP contribution in [0.15, 0.2) is 18.3 Å². The maximum absolute atomic E-state index is 10.2. The first-order valence-electron chi connectivity index (χ1n) is 6.39. The Hall–Kier alpha value is -1.51. The molecule has 0 saturated heterocycles. The number of aryl methyl sites for hydroxylation is 2. The van der Waals surface area contributed by atoms with E-state index in [-0.39, 0.29) is 0 Å². The molecule has 0 unspecified atom stereocenters. The summed E-state index contributed by atoms with van der Waals surface area (Å²) in [4.78, 5) is 23.2. The normalized spacial score (nSPS) is 8.28. The number of aldehydes is 1. The summed E-state index contributed by atoms with van der Waals surface area (Å²) in [5.41, 5.74) is 2.50. The van der Waals surface area contributed by atoms with E-state index in [2.05, 4.69) is 24.9 Å². The molecular weight excluding hydrogens is 226 g/mol. The first-order valence-corrected chi connectivity index (χ1v) is 6.39. The summed E-state index contributed by atoms with van der Waals surface area (Å²) < 4.78 is 0. The number of rotatable bonds is 3. The molecule has 0 bridgehead atoms. The van der Waals surface area contributed by atoms with Crippen LogP contribution in [0.4, 0.5) is 0 Å². The van der Waals surface area contributed by atoms with Gasteiger partial charge < -0.3 is 4.79 Å². The minimum Gasteiger partial charge on any atom is -0.304 e. The summed E-state index contributed by atoms with van der Waals surface area (Å²) in [5, 5.41) is 0. The van der Waals surface area contributed by atoms with Gasteiger partial charge in [-0.3, -0.25) is 9.78 Å². The maximum Gasteiger partial charge on any atom is 0.132 e. The standard InChI is InChI=1S/C8H11N.C5H10O.C2H4O/c1-3-8-7(2)5-4-6-9-8;1-3-5(6)4-2;1-2-3/h4-6H,3H2,1-2H3;3-4H2,1-2H3;2H,1H3. The maximum atomic E-state index is 10.2. The molecule has 0 amide bonds. The third-order valence-corrected chi connectivity index (χ3v) is 2.24. The van der Waals surface area contributed by atoms with Crippen molar-refractivity contribution in [1.29, 1.82) is 0 Å². The van der Waals surface area contributed by atoms with Gasteiger partial charge in [-0.2, -0.15) is 0 Å². The molecule has 0 fully saturated rings. The average Bonchev–Trinajstić information content (AvgIpc) is 2.40. The molecule has 1 aromatic heterocycles. The summed E-state index contributed by atoms with van der Waals surface area (Å²) in [7, 11) is 0. The fourth-order valence-electron chi connectivity index (χ4n) is 1.14. The summed E-state index contributed by atoms with van der Waals surface area (Å²) in [5.74, 6) is 0.343. The van der Waals surface area contributed by atoms with Crippen molar-refractivity contribution >= 4 is 12.1 Å². The number of hydrogen-bond donors (Lipinski definition) is 0. The van der Waals surface area contributed by atoms with Gasteiger partial charge in [-0.1, -0.05) is 26.8 Å². The van der Waals surface area contributed by atoms with Crippen LogP contribution in [0.1, 0.15) is 51.8 Å². The second-order valence-corrected chi connectivity index (χ2v) is 3.60. The number of ketones is 1. The highest BCUT2D eigenvalue weighted by Gasteiger charge is 1.91. The lowest BCUT2D eigenvalue weighted by molar-refractivity contribution is -0.118. The van der Waals surface area contributed by atoms with Crippen LogP contribution in [0.5, 0.6) is 0 Å². The zero-order valence-electron chi connectivity index (χ0n) is 12.2. The highest BCUT2D eigenvalue weighted by molar-refractivity contribution is 5.77. The first kappa shape index (κ1) is 18.8. The van der Waals surface area contributed by atoms with Crippen LogP contribution in [0.3, 0.4) is 0 Å². The summed E-state index contributed by atoms with van der Waals surface area (Å²) in [6, 6.07) is 4.06. The Morgan fingerprint density at radius 2 is 1.78 bits per heavy atom. The summed E-state index contributed by atoms with van der Waals surface area (Å²) in [6.07, 6.45) is 5.01. The van der Waals surface area contributed by atoms with Crippen LogP contribution in [-0.4, -0.2) is 17.1 Å².